The Balaban J connectivity index is 1.59. The van der Waals surface area contributed by atoms with Crippen LogP contribution in [0.3, 0.4) is 0 Å². The van der Waals surface area contributed by atoms with Gasteiger partial charge in [-0.1, -0.05) is 18.2 Å². The lowest BCUT2D eigenvalue weighted by Gasteiger charge is -2.12. The molecule has 0 unspecified atom stereocenters. The molecule has 0 bridgehead atoms. The molecule has 28 heavy (non-hydrogen) atoms. The first-order valence-corrected chi connectivity index (χ1v) is 9.14. The van der Waals surface area contributed by atoms with Gasteiger partial charge in [-0.2, -0.15) is 5.10 Å². The van der Waals surface area contributed by atoms with Crippen LogP contribution >= 0.6 is 0 Å². The fourth-order valence-corrected chi connectivity index (χ4v) is 3.16. The van der Waals surface area contributed by atoms with Crippen LogP contribution in [0.25, 0.3) is 22.0 Å². The quantitative estimate of drug-likeness (QED) is 0.480. The second-order valence-corrected chi connectivity index (χ2v) is 6.56. The van der Waals surface area contributed by atoms with E-state index in [0.717, 1.165) is 22.4 Å². The van der Waals surface area contributed by atoms with Crippen molar-refractivity contribution >= 4 is 10.9 Å². The molecule has 0 amide bonds. The normalized spacial score (nSPS) is 12.2. The van der Waals surface area contributed by atoms with Gasteiger partial charge in [0.25, 0.3) is 5.56 Å². The zero-order valence-electron chi connectivity index (χ0n) is 15.5. The van der Waals surface area contributed by atoms with Crippen LogP contribution in [0.2, 0.25) is 0 Å². The lowest BCUT2D eigenvalue weighted by Crippen LogP contribution is -2.21. The average Bonchev–Trinajstić information content (AvgIpc) is 3.24. The number of hydrogen-bond acceptors (Lipinski definition) is 5. The first-order valence-electron chi connectivity index (χ1n) is 9.14. The number of H-pyrrole nitrogens is 2. The van der Waals surface area contributed by atoms with Gasteiger partial charge in [-0.25, -0.2) is 4.98 Å². The van der Waals surface area contributed by atoms with Gasteiger partial charge >= 0.3 is 0 Å². The van der Waals surface area contributed by atoms with Crippen LogP contribution in [-0.4, -0.2) is 26.8 Å². The zero-order valence-corrected chi connectivity index (χ0v) is 15.5. The third kappa shape index (κ3) is 3.65. The molecule has 2 heterocycles. The Morgan fingerprint density at radius 2 is 1.96 bits per heavy atom. The van der Waals surface area contributed by atoms with Gasteiger partial charge in [0.2, 0.25) is 0 Å². The van der Waals surface area contributed by atoms with E-state index in [2.05, 4.69) is 20.2 Å². The van der Waals surface area contributed by atoms with Gasteiger partial charge in [-0.15, -0.1) is 0 Å². The van der Waals surface area contributed by atoms with Gasteiger partial charge in [-0.05, 0) is 48.7 Å². The molecule has 0 saturated carbocycles. The second kappa shape index (κ2) is 7.66. The molecule has 1 atom stereocenters. The van der Waals surface area contributed by atoms with Crippen LogP contribution in [0.5, 0.6) is 5.75 Å². The van der Waals surface area contributed by atoms with Gasteiger partial charge in [0.1, 0.15) is 11.6 Å². The number of aromatic amines is 2. The van der Waals surface area contributed by atoms with Crippen LogP contribution < -0.4 is 16.0 Å². The van der Waals surface area contributed by atoms with Crippen molar-refractivity contribution in [3.8, 4) is 16.9 Å². The molecule has 142 valence electrons. The van der Waals surface area contributed by atoms with Crippen molar-refractivity contribution in [1.29, 1.82) is 0 Å². The number of nitrogens with zero attached hydrogens (tertiary/aromatic N) is 2. The summed E-state index contributed by atoms with van der Waals surface area (Å²) in [5, 5.41) is 7.24. The van der Waals surface area contributed by atoms with Crippen molar-refractivity contribution in [1.82, 2.24) is 20.2 Å². The van der Waals surface area contributed by atoms with Crippen molar-refractivity contribution in [2.75, 3.05) is 6.61 Å². The minimum absolute atomic E-state index is 0.201. The van der Waals surface area contributed by atoms with Crippen molar-refractivity contribution in [3.63, 3.8) is 0 Å². The van der Waals surface area contributed by atoms with E-state index in [1.807, 2.05) is 49.4 Å². The predicted molar refractivity (Wildman–Crippen MR) is 108 cm³/mol. The average molecular weight is 375 g/mol. The highest BCUT2D eigenvalue weighted by atomic mass is 16.5. The third-order valence-electron chi connectivity index (χ3n) is 4.60. The standard InChI is InChI=1S/C21H21N5O2/c1-2-28-16-6-3-13(4-7-16)9-18(22)20-25-19-8-5-14(15-11-23-24-12-15)10-17(19)21(27)26-20/h3-8,10-12,18H,2,9,22H2,1H3,(H,23,24)(H,25,26,27)/t18-/m0/s1. The Morgan fingerprint density at radius 1 is 1.14 bits per heavy atom. The summed E-state index contributed by atoms with van der Waals surface area (Å²) in [5.41, 5.74) is 9.60. The van der Waals surface area contributed by atoms with Gasteiger partial charge in [-0.3, -0.25) is 9.89 Å². The smallest absolute Gasteiger partial charge is 0.258 e. The van der Waals surface area contributed by atoms with Crippen molar-refractivity contribution < 1.29 is 4.74 Å². The summed E-state index contributed by atoms with van der Waals surface area (Å²) in [6.45, 7) is 2.58. The van der Waals surface area contributed by atoms with Crippen LogP contribution in [0.1, 0.15) is 24.4 Å². The summed E-state index contributed by atoms with van der Waals surface area (Å²) in [4.78, 5) is 20.0. The van der Waals surface area contributed by atoms with Crippen molar-refractivity contribution in [3.05, 3.63) is 76.6 Å². The van der Waals surface area contributed by atoms with E-state index in [4.69, 9.17) is 10.5 Å². The summed E-state index contributed by atoms with van der Waals surface area (Å²) >= 11 is 0. The third-order valence-corrected chi connectivity index (χ3v) is 4.60. The molecule has 4 rings (SSSR count). The maximum Gasteiger partial charge on any atom is 0.258 e. The molecule has 0 aliphatic carbocycles. The lowest BCUT2D eigenvalue weighted by atomic mass is 10.0. The molecule has 0 radical (unpaired) electrons. The van der Waals surface area contributed by atoms with Gasteiger partial charge in [0, 0.05) is 11.8 Å². The zero-order chi connectivity index (χ0) is 19.5. The Morgan fingerprint density at radius 3 is 2.68 bits per heavy atom. The maximum absolute atomic E-state index is 12.6. The fourth-order valence-electron chi connectivity index (χ4n) is 3.16. The van der Waals surface area contributed by atoms with E-state index in [1.54, 1.807) is 12.4 Å². The van der Waals surface area contributed by atoms with Crippen LogP contribution in [0.4, 0.5) is 0 Å². The van der Waals surface area contributed by atoms with E-state index < -0.39 is 6.04 Å². The molecule has 4 aromatic rings. The minimum Gasteiger partial charge on any atom is -0.494 e. The summed E-state index contributed by atoms with van der Waals surface area (Å²) < 4.78 is 5.45. The first-order chi connectivity index (χ1) is 13.6. The Hall–Kier alpha value is -3.45. The van der Waals surface area contributed by atoms with E-state index in [-0.39, 0.29) is 5.56 Å². The molecule has 2 aromatic heterocycles. The number of aromatic nitrogens is 4. The highest BCUT2D eigenvalue weighted by molar-refractivity contribution is 5.83. The second-order valence-electron chi connectivity index (χ2n) is 6.56. The molecular formula is C21H21N5O2. The molecule has 0 fully saturated rings. The number of ether oxygens (including phenoxy) is 1. The number of nitrogens with one attached hydrogen (secondary N) is 2. The molecule has 7 nitrogen and oxygen atoms in total. The molecule has 0 spiro atoms. The molecule has 7 heteroatoms. The maximum atomic E-state index is 12.6. The van der Waals surface area contributed by atoms with E-state index in [0.29, 0.717) is 29.8 Å². The molecule has 2 aromatic carbocycles. The van der Waals surface area contributed by atoms with Crippen molar-refractivity contribution in [2.24, 2.45) is 5.73 Å². The highest BCUT2D eigenvalue weighted by Gasteiger charge is 2.13. The van der Waals surface area contributed by atoms with Crippen LogP contribution in [0.15, 0.2) is 59.7 Å². The van der Waals surface area contributed by atoms with E-state index >= 15 is 0 Å². The van der Waals surface area contributed by atoms with Gasteiger partial charge < -0.3 is 15.5 Å². The first kappa shape index (κ1) is 17.9. The molecular weight excluding hydrogens is 354 g/mol. The minimum atomic E-state index is -0.413. The Bertz CT molecular complexity index is 1130. The summed E-state index contributed by atoms with van der Waals surface area (Å²) in [6.07, 6.45) is 4.06. The Kier molecular flexibility index (Phi) is 4.90. The summed E-state index contributed by atoms with van der Waals surface area (Å²) in [7, 11) is 0. The Labute approximate surface area is 161 Å². The van der Waals surface area contributed by atoms with Crippen LogP contribution in [-0.2, 0) is 6.42 Å². The fraction of sp³-hybridized carbons (Fsp3) is 0.190. The number of nitrogens with two attached hydrogens (primary N) is 1. The lowest BCUT2D eigenvalue weighted by molar-refractivity contribution is 0.340. The number of benzene rings is 2. The number of fused-ring (bicyclic) bond motifs is 1. The molecule has 4 N–H and O–H groups in total. The number of rotatable bonds is 6. The van der Waals surface area contributed by atoms with Gasteiger partial charge in [0.15, 0.2) is 0 Å². The molecule has 0 aliphatic heterocycles. The predicted octanol–water partition coefficient (Wildman–Crippen LogP) is 2.95. The van der Waals surface area contributed by atoms with Gasteiger partial charge in [0.05, 0.1) is 29.7 Å². The summed E-state index contributed by atoms with van der Waals surface area (Å²) in [5.74, 6) is 1.30. The molecule has 0 aliphatic rings. The van der Waals surface area contributed by atoms with E-state index in [1.165, 1.54) is 0 Å². The largest absolute Gasteiger partial charge is 0.494 e. The van der Waals surface area contributed by atoms with Crippen molar-refractivity contribution in [2.45, 2.75) is 19.4 Å². The van der Waals surface area contributed by atoms with E-state index in [9.17, 15) is 4.79 Å². The molecule has 0 saturated heterocycles. The number of hydrogen-bond donors (Lipinski definition) is 3. The summed E-state index contributed by atoms with van der Waals surface area (Å²) in [6, 6.07) is 12.9. The topological polar surface area (TPSA) is 110 Å². The SMILES string of the molecule is CCOc1ccc(C[C@H](N)c2nc3ccc(-c4cn[nH]c4)cc3c(=O)[nH]2)cc1. The highest BCUT2D eigenvalue weighted by Crippen LogP contribution is 2.22. The van der Waals surface area contributed by atoms with Crippen LogP contribution in [0, 0.1) is 0 Å². The monoisotopic (exact) mass is 375 g/mol.